The Kier molecular flexibility index (Phi) is 8.17. The van der Waals surface area contributed by atoms with Gasteiger partial charge in [0.15, 0.2) is 11.6 Å². The van der Waals surface area contributed by atoms with E-state index in [-0.39, 0.29) is 17.4 Å². The van der Waals surface area contributed by atoms with Gasteiger partial charge in [-0.15, -0.1) is 0 Å². The summed E-state index contributed by atoms with van der Waals surface area (Å²) in [6, 6.07) is 17.5. The predicted molar refractivity (Wildman–Crippen MR) is 162 cm³/mol. The van der Waals surface area contributed by atoms with Gasteiger partial charge in [-0.3, -0.25) is 14.5 Å². The summed E-state index contributed by atoms with van der Waals surface area (Å²) in [6.07, 6.45) is 3.28. The molecule has 4 aromatic rings. The first-order valence-electron chi connectivity index (χ1n) is 14.4. The van der Waals surface area contributed by atoms with Crippen LogP contribution < -0.4 is 21.1 Å². The second-order valence-electron chi connectivity index (χ2n) is 10.9. The average Bonchev–Trinajstić information content (AvgIpc) is 3.83. The third kappa shape index (κ3) is 6.58. The Morgan fingerprint density at radius 1 is 0.953 bits per heavy atom. The number of morpholine rings is 1. The smallest absolute Gasteiger partial charge is 0.240 e. The number of rotatable bonds is 10. The Bertz CT molecular complexity index is 1640. The van der Waals surface area contributed by atoms with E-state index in [1.165, 1.54) is 12.1 Å². The van der Waals surface area contributed by atoms with Gasteiger partial charge in [-0.05, 0) is 60.7 Å². The molecular weight excluding hydrogens is 551 g/mol. The van der Waals surface area contributed by atoms with E-state index < -0.39 is 23.0 Å². The molecule has 11 heteroatoms. The van der Waals surface area contributed by atoms with E-state index in [4.69, 9.17) is 15.2 Å². The minimum atomic E-state index is -1.19. The first-order valence-corrected chi connectivity index (χ1v) is 14.4. The molecule has 0 atom stereocenters. The van der Waals surface area contributed by atoms with E-state index in [0.717, 1.165) is 61.3 Å². The number of hydrogen-bond donors (Lipinski definition) is 3. The Morgan fingerprint density at radius 2 is 1.65 bits per heavy atom. The minimum absolute atomic E-state index is 0.128. The van der Waals surface area contributed by atoms with Crippen LogP contribution in [-0.2, 0) is 14.3 Å². The first kappa shape index (κ1) is 28.5. The second kappa shape index (κ2) is 12.3. The molecule has 2 heterocycles. The zero-order valence-corrected chi connectivity index (χ0v) is 23.6. The van der Waals surface area contributed by atoms with Gasteiger partial charge in [-0.25, -0.2) is 14.4 Å². The highest BCUT2D eigenvalue weighted by Crippen LogP contribution is 2.47. The summed E-state index contributed by atoms with van der Waals surface area (Å²) in [5.41, 5.74) is 7.99. The number of nitrogens with one attached hydrogen (secondary N) is 2. The van der Waals surface area contributed by atoms with Crippen LogP contribution in [0.3, 0.4) is 0 Å². The van der Waals surface area contributed by atoms with Crippen LogP contribution in [0.2, 0.25) is 0 Å². The predicted octanol–water partition coefficient (Wildman–Crippen LogP) is 4.48. The normalized spacial score (nSPS) is 16.0. The van der Waals surface area contributed by atoms with Gasteiger partial charge in [0.25, 0.3) is 0 Å². The maximum Gasteiger partial charge on any atom is 0.240 e. The van der Waals surface area contributed by atoms with E-state index in [2.05, 4.69) is 25.5 Å². The monoisotopic (exact) mass is 584 g/mol. The number of halogens is 1. The average molecular weight is 585 g/mol. The van der Waals surface area contributed by atoms with Gasteiger partial charge in [0.2, 0.25) is 17.8 Å². The number of carbonyl (C=O) groups excluding carboxylic acids is 2. The van der Waals surface area contributed by atoms with Crippen molar-refractivity contribution < 1.29 is 23.5 Å². The van der Waals surface area contributed by atoms with Gasteiger partial charge in [0.1, 0.15) is 5.41 Å². The molecule has 0 radical (unpaired) electrons. The minimum Gasteiger partial charge on any atom is -0.490 e. The number of fused-ring (bicyclic) bond motifs is 1. The molecule has 4 N–H and O–H groups in total. The van der Waals surface area contributed by atoms with Crippen LogP contribution in [0.4, 0.5) is 21.7 Å². The van der Waals surface area contributed by atoms with Crippen LogP contribution in [0.25, 0.3) is 22.0 Å². The second-order valence-corrected chi connectivity index (χ2v) is 10.9. The molecule has 1 saturated heterocycles. The molecule has 1 aliphatic heterocycles. The summed E-state index contributed by atoms with van der Waals surface area (Å²) in [5.74, 6) is -1.08. The first-order chi connectivity index (χ1) is 20.9. The van der Waals surface area contributed by atoms with Crippen molar-refractivity contribution in [3.63, 3.8) is 0 Å². The van der Waals surface area contributed by atoms with Crippen LogP contribution in [0.5, 0.6) is 5.75 Å². The Balaban J connectivity index is 1.02. The lowest BCUT2D eigenvalue weighted by Gasteiger charge is -2.26. The summed E-state index contributed by atoms with van der Waals surface area (Å²) in [5, 5.41) is 6.45. The van der Waals surface area contributed by atoms with Crippen molar-refractivity contribution in [1.82, 2.24) is 14.9 Å². The third-order valence-corrected chi connectivity index (χ3v) is 7.87. The number of hydrogen-bond acceptors (Lipinski definition) is 8. The number of aromatic nitrogens is 2. The molecule has 2 fully saturated rings. The van der Waals surface area contributed by atoms with Gasteiger partial charge in [-0.2, -0.15) is 0 Å². The summed E-state index contributed by atoms with van der Waals surface area (Å²) < 4.78 is 25.7. The number of nitrogen functional groups attached to an aromatic ring is 1. The van der Waals surface area contributed by atoms with Gasteiger partial charge in [0, 0.05) is 48.7 Å². The van der Waals surface area contributed by atoms with Crippen molar-refractivity contribution in [1.29, 1.82) is 0 Å². The summed E-state index contributed by atoms with van der Waals surface area (Å²) in [6.45, 7) is 4.51. The van der Waals surface area contributed by atoms with E-state index in [9.17, 15) is 14.0 Å². The molecular formula is C32H33FN6O4. The largest absolute Gasteiger partial charge is 0.490 e. The fourth-order valence-electron chi connectivity index (χ4n) is 5.14. The lowest BCUT2D eigenvalue weighted by atomic mass is 10.0. The van der Waals surface area contributed by atoms with E-state index >= 15 is 0 Å². The molecule has 1 saturated carbocycles. The highest BCUT2D eigenvalue weighted by Gasteiger charge is 2.56. The van der Waals surface area contributed by atoms with Crippen molar-refractivity contribution in [3.8, 4) is 16.9 Å². The Morgan fingerprint density at radius 3 is 2.37 bits per heavy atom. The molecule has 1 aliphatic carbocycles. The van der Waals surface area contributed by atoms with Gasteiger partial charge in [-0.1, -0.05) is 24.3 Å². The zero-order valence-electron chi connectivity index (χ0n) is 23.6. The van der Waals surface area contributed by atoms with Crippen LogP contribution in [0.1, 0.15) is 19.3 Å². The molecule has 43 heavy (non-hydrogen) atoms. The zero-order chi connectivity index (χ0) is 29.8. The molecule has 2 aliphatic rings. The summed E-state index contributed by atoms with van der Waals surface area (Å²) in [4.78, 5) is 36.8. The van der Waals surface area contributed by atoms with Crippen LogP contribution in [-0.4, -0.2) is 66.1 Å². The quantitative estimate of drug-likeness (QED) is 0.184. The van der Waals surface area contributed by atoms with Crippen molar-refractivity contribution in [2.75, 3.05) is 55.8 Å². The van der Waals surface area contributed by atoms with E-state index in [1.54, 1.807) is 24.4 Å². The number of anilines is 3. The SMILES string of the molecule is Nc1ncc2ccc(-c3ccc(NC(=O)C4(C(=O)Nc5ccc(OCCCN6CCOCC6)c(F)c5)CC4)cc3)cc2n1. The van der Waals surface area contributed by atoms with Crippen molar-refractivity contribution in [2.45, 2.75) is 19.3 Å². The van der Waals surface area contributed by atoms with Gasteiger partial charge >= 0.3 is 0 Å². The molecule has 6 rings (SSSR count). The molecule has 0 unspecified atom stereocenters. The summed E-state index contributed by atoms with van der Waals surface area (Å²) >= 11 is 0. The number of ether oxygens (including phenoxy) is 2. The van der Waals surface area contributed by atoms with E-state index in [1.807, 2.05) is 30.3 Å². The Hall–Kier alpha value is -4.61. The lowest BCUT2D eigenvalue weighted by molar-refractivity contribution is -0.131. The molecule has 3 aromatic carbocycles. The van der Waals surface area contributed by atoms with Crippen LogP contribution in [0.15, 0.2) is 66.9 Å². The number of nitrogens with two attached hydrogens (primary N) is 1. The number of carbonyl (C=O) groups is 2. The molecule has 2 amide bonds. The molecule has 1 aromatic heterocycles. The standard InChI is InChI=1S/C32H33FN6O4/c33-26-19-25(8-9-28(26)43-15-1-12-39-13-16-42-17-14-39)37-30(41)32(10-11-32)29(40)36-24-6-4-21(5-7-24)22-2-3-23-20-35-31(34)38-27(23)18-22/h2-9,18-20H,1,10-17H2,(H,36,40)(H,37,41)(H2,34,35,38). The number of benzene rings is 3. The van der Waals surface area contributed by atoms with E-state index in [0.29, 0.717) is 25.1 Å². The lowest BCUT2D eigenvalue weighted by Crippen LogP contribution is -2.37. The third-order valence-electron chi connectivity index (χ3n) is 7.87. The summed E-state index contributed by atoms with van der Waals surface area (Å²) in [7, 11) is 0. The fourth-order valence-corrected chi connectivity index (χ4v) is 5.14. The number of amides is 2. The van der Waals surface area contributed by atoms with Crippen LogP contribution >= 0.6 is 0 Å². The molecule has 0 spiro atoms. The maximum atomic E-state index is 14.7. The number of nitrogens with zero attached hydrogens (tertiary/aromatic N) is 3. The molecule has 10 nitrogen and oxygen atoms in total. The fraction of sp³-hybridized carbons (Fsp3) is 0.312. The molecule has 222 valence electrons. The van der Waals surface area contributed by atoms with Gasteiger partial charge in [0.05, 0.1) is 25.3 Å². The van der Waals surface area contributed by atoms with Crippen molar-refractivity contribution in [2.24, 2.45) is 5.41 Å². The maximum absolute atomic E-state index is 14.7. The highest BCUT2D eigenvalue weighted by molar-refractivity contribution is 6.17. The van der Waals surface area contributed by atoms with Crippen molar-refractivity contribution >= 4 is 40.0 Å². The van der Waals surface area contributed by atoms with Crippen molar-refractivity contribution in [3.05, 3.63) is 72.7 Å². The molecule has 0 bridgehead atoms. The topological polar surface area (TPSA) is 132 Å². The Labute approximate surface area is 248 Å². The van der Waals surface area contributed by atoms with Gasteiger partial charge < -0.3 is 25.8 Å². The highest BCUT2D eigenvalue weighted by atomic mass is 19.1. The van der Waals surface area contributed by atoms with Crippen LogP contribution in [0, 0.1) is 11.2 Å².